The van der Waals surface area contributed by atoms with Crippen LogP contribution in [0.2, 0.25) is 5.02 Å². The van der Waals surface area contributed by atoms with Crippen LogP contribution < -0.4 is 10.1 Å². The first-order valence-electron chi connectivity index (χ1n) is 5.37. The van der Waals surface area contributed by atoms with Gasteiger partial charge in [-0.15, -0.1) is 0 Å². The number of benzene rings is 1. The van der Waals surface area contributed by atoms with Gasteiger partial charge in [0, 0.05) is 27.8 Å². The lowest BCUT2D eigenvalue weighted by Crippen LogP contribution is -2.02. The summed E-state index contributed by atoms with van der Waals surface area (Å²) in [6.45, 7) is 0.634. The van der Waals surface area contributed by atoms with E-state index >= 15 is 0 Å². The molecule has 3 nitrogen and oxygen atoms in total. The van der Waals surface area contributed by atoms with Crippen molar-refractivity contribution in [3.8, 4) is 5.75 Å². The minimum absolute atomic E-state index is 0.634. The number of halogens is 2. The molecule has 0 fully saturated rings. The quantitative estimate of drug-likeness (QED) is 0.917. The van der Waals surface area contributed by atoms with Gasteiger partial charge in [0.05, 0.1) is 7.11 Å². The summed E-state index contributed by atoms with van der Waals surface area (Å²) >= 11 is 9.26. The molecular formula is C13H12BrClN2O. The van der Waals surface area contributed by atoms with E-state index in [9.17, 15) is 0 Å². The smallest absolute Gasteiger partial charge is 0.126 e. The van der Waals surface area contributed by atoms with E-state index in [0.717, 1.165) is 21.6 Å². The highest BCUT2D eigenvalue weighted by Crippen LogP contribution is 2.23. The van der Waals surface area contributed by atoms with Gasteiger partial charge >= 0.3 is 0 Å². The second-order valence-electron chi connectivity index (χ2n) is 3.67. The summed E-state index contributed by atoms with van der Waals surface area (Å²) < 4.78 is 6.24. The van der Waals surface area contributed by atoms with E-state index in [4.69, 9.17) is 16.3 Å². The summed E-state index contributed by atoms with van der Waals surface area (Å²) in [7, 11) is 1.63. The van der Waals surface area contributed by atoms with Crippen LogP contribution in [0.15, 0.2) is 41.0 Å². The molecule has 0 aliphatic rings. The SMILES string of the molecule is COc1cc(Cl)ccc1CNc1ccc(Br)cn1. The molecule has 0 radical (unpaired) electrons. The second kappa shape index (κ2) is 6.07. The molecule has 0 unspecified atom stereocenters. The highest BCUT2D eigenvalue weighted by atomic mass is 79.9. The highest BCUT2D eigenvalue weighted by Gasteiger charge is 2.04. The Hall–Kier alpha value is -1.26. The molecule has 1 aromatic heterocycles. The van der Waals surface area contributed by atoms with Gasteiger partial charge in [0.1, 0.15) is 11.6 Å². The third kappa shape index (κ3) is 3.37. The maximum atomic E-state index is 5.91. The van der Waals surface area contributed by atoms with Gasteiger partial charge in [0.2, 0.25) is 0 Å². The molecule has 0 aliphatic carbocycles. The van der Waals surface area contributed by atoms with E-state index < -0.39 is 0 Å². The van der Waals surface area contributed by atoms with Crippen LogP contribution in [0.25, 0.3) is 0 Å². The fraction of sp³-hybridized carbons (Fsp3) is 0.154. The molecule has 0 atom stereocenters. The molecule has 5 heteroatoms. The Bertz CT molecular complexity index is 531. The molecule has 94 valence electrons. The molecule has 2 aromatic rings. The van der Waals surface area contributed by atoms with Crippen LogP contribution in [0, 0.1) is 0 Å². The van der Waals surface area contributed by atoms with Crippen molar-refractivity contribution in [3.05, 3.63) is 51.6 Å². The van der Waals surface area contributed by atoms with Crippen molar-refractivity contribution < 1.29 is 4.74 Å². The summed E-state index contributed by atoms with van der Waals surface area (Å²) in [4.78, 5) is 4.24. The van der Waals surface area contributed by atoms with Crippen molar-refractivity contribution in [2.45, 2.75) is 6.54 Å². The van der Waals surface area contributed by atoms with Gasteiger partial charge in [-0.3, -0.25) is 0 Å². The fourth-order valence-electron chi connectivity index (χ4n) is 1.53. The van der Waals surface area contributed by atoms with Crippen molar-refractivity contribution >= 4 is 33.3 Å². The first-order valence-corrected chi connectivity index (χ1v) is 6.54. The minimum Gasteiger partial charge on any atom is -0.496 e. The zero-order valence-corrected chi connectivity index (χ0v) is 12.1. The van der Waals surface area contributed by atoms with Crippen molar-refractivity contribution in [1.82, 2.24) is 4.98 Å². The predicted molar refractivity (Wildman–Crippen MR) is 77.3 cm³/mol. The number of aromatic nitrogens is 1. The van der Waals surface area contributed by atoms with Crippen LogP contribution in [-0.4, -0.2) is 12.1 Å². The van der Waals surface area contributed by atoms with Crippen LogP contribution in [-0.2, 0) is 6.54 Å². The lowest BCUT2D eigenvalue weighted by molar-refractivity contribution is 0.410. The van der Waals surface area contributed by atoms with Crippen LogP contribution >= 0.6 is 27.5 Å². The summed E-state index contributed by atoms with van der Waals surface area (Å²) in [5.74, 6) is 1.59. The number of nitrogens with one attached hydrogen (secondary N) is 1. The third-order valence-corrected chi connectivity index (χ3v) is 3.14. The average Bonchev–Trinajstić information content (AvgIpc) is 2.39. The van der Waals surface area contributed by atoms with E-state index in [0.29, 0.717) is 11.6 Å². The van der Waals surface area contributed by atoms with Gasteiger partial charge in [0.15, 0.2) is 0 Å². The monoisotopic (exact) mass is 326 g/mol. The molecule has 0 amide bonds. The molecular weight excluding hydrogens is 316 g/mol. The summed E-state index contributed by atoms with van der Waals surface area (Å²) in [6, 6.07) is 9.43. The molecule has 1 heterocycles. The number of hydrogen-bond donors (Lipinski definition) is 1. The predicted octanol–water partition coefficient (Wildman–Crippen LogP) is 4.12. The van der Waals surface area contributed by atoms with Crippen LogP contribution in [0.5, 0.6) is 5.75 Å². The van der Waals surface area contributed by atoms with E-state index in [1.807, 2.05) is 24.3 Å². The Balaban J connectivity index is 2.08. The van der Waals surface area contributed by atoms with Crippen LogP contribution in [0.4, 0.5) is 5.82 Å². The first kappa shape index (κ1) is 13.2. The summed E-state index contributed by atoms with van der Waals surface area (Å²) in [6.07, 6.45) is 1.75. The fourth-order valence-corrected chi connectivity index (χ4v) is 1.93. The maximum Gasteiger partial charge on any atom is 0.126 e. The van der Waals surface area contributed by atoms with Gasteiger partial charge in [-0.2, -0.15) is 0 Å². The molecule has 0 spiro atoms. The first-order chi connectivity index (χ1) is 8.69. The maximum absolute atomic E-state index is 5.91. The van der Waals surface area contributed by atoms with Gasteiger partial charge < -0.3 is 10.1 Å². The second-order valence-corrected chi connectivity index (χ2v) is 5.02. The Morgan fingerprint density at radius 1 is 1.33 bits per heavy atom. The number of anilines is 1. The summed E-state index contributed by atoms with van der Waals surface area (Å²) in [5, 5.41) is 3.89. The van der Waals surface area contributed by atoms with Crippen molar-refractivity contribution in [2.24, 2.45) is 0 Å². The lowest BCUT2D eigenvalue weighted by atomic mass is 10.2. The Labute approximate surface area is 119 Å². The van der Waals surface area contributed by atoms with Gasteiger partial charge in [-0.1, -0.05) is 17.7 Å². The number of ether oxygens (including phenoxy) is 1. The number of nitrogens with zero attached hydrogens (tertiary/aromatic N) is 1. The Morgan fingerprint density at radius 2 is 2.17 bits per heavy atom. The molecule has 18 heavy (non-hydrogen) atoms. The standard InChI is InChI=1S/C13H12BrClN2O/c1-18-12-6-11(15)4-2-9(12)7-16-13-5-3-10(14)8-17-13/h2-6,8H,7H2,1H3,(H,16,17). The normalized spacial score (nSPS) is 10.2. The van der Waals surface area contributed by atoms with E-state index in [-0.39, 0.29) is 0 Å². The molecule has 0 aliphatic heterocycles. The number of pyridine rings is 1. The Morgan fingerprint density at radius 3 is 2.83 bits per heavy atom. The topological polar surface area (TPSA) is 34.1 Å². The molecule has 0 bridgehead atoms. The number of rotatable bonds is 4. The van der Waals surface area contributed by atoms with Crippen LogP contribution in [0.1, 0.15) is 5.56 Å². The van der Waals surface area contributed by atoms with E-state index in [2.05, 4.69) is 26.2 Å². The van der Waals surface area contributed by atoms with E-state index in [1.165, 1.54) is 0 Å². The van der Waals surface area contributed by atoms with Gasteiger partial charge in [-0.25, -0.2) is 4.98 Å². The number of hydrogen-bond acceptors (Lipinski definition) is 3. The third-order valence-electron chi connectivity index (χ3n) is 2.44. The van der Waals surface area contributed by atoms with E-state index in [1.54, 1.807) is 19.4 Å². The number of methoxy groups -OCH3 is 1. The minimum atomic E-state index is 0.634. The average molecular weight is 328 g/mol. The largest absolute Gasteiger partial charge is 0.496 e. The molecule has 0 saturated carbocycles. The zero-order chi connectivity index (χ0) is 13.0. The molecule has 0 saturated heterocycles. The highest BCUT2D eigenvalue weighted by molar-refractivity contribution is 9.10. The van der Waals surface area contributed by atoms with Gasteiger partial charge in [-0.05, 0) is 40.2 Å². The van der Waals surface area contributed by atoms with Crippen molar-refractivity contribution in [2.75, 3.05) is 12.4 Å². The molecule has 1 N–H and O–H groups in total. The van der Waals surface area contributed by atoms with Crippen molar-refractivity contribution in [3.63, 3.8) is 0 Å². The zero-order valence-electron chi connectivity index (χ0n) is 9.78. The summed E-state index contributed by atoms with van der Waals surface area (Å²) in [5.41, 5.74) is 1.03. The van der Waals surface area contributed by atoms with Crippen LogP contribution in [0.3, 0.4) is 0 Å². The lowest BCUT2D eigenvalue weighted by Gasteiger charge is -2.10. The molecule has 2 rings (SSSR count). The Kier molecular flexibility index (Phi) is 4.44. The molecule has 1 aromatic carbocycles. The van der Waals surface area contributed by atoms with Crippen molar-refractivity contribution in [1.29, 1.82) is 0 Å². The van der Waals surface area contributed by atoms with Gasteiger partial charge in [0.25, 0.3) is 0 Å².